The van der Waals surface area contributed by atoms with Crippen LogP contribution in [0.15, 0.2) is 37.0 Å². The molecule has 9 heavy (non-hydrogen) atoms. The lowest BCUT2D eigenvalue weighted by atomic mass is 10.3. The molecule has 0 radical (unpaired) electrons. The van der Waals surface area contributed by atoms with Crippen molar-refractivity contribution in [2.24, 2.45) is 0 Å². The molecule has 0 aliphatic rings. The molecule has 0 aliphatic heterocycles. The molecule has 0 aromatic carbocycles. The van der Waals surface area contributed by atoms with Gasteiger partial charge in [0.05, 0.1) is 6.10 Å². The number of aliphatic hydroxyl groups is 1. The van der Waals surface area contributed by atoms with Crippen LogP contribution in [0.4, 0.5) is 0 Å². The minimum atomic E-state index is -0.362. The number of hydrogen-bond donors (Lipinski definition) is 1. The second-order valence-electron chi connectivity index (χ2n) is 1.75. The molecule has 0 bridgehead atoms. The molecule has 1 N–H and O–H groups in total. The molecule has 0 saturated carbocycles. The van der Waals surface area contributed by atoms with Crippen LogP contribution in [0.5, 0.6) is 0 Å². The Labute approximate surface area is 56.0 Å². The van der Waals surface area contributed by atoms with E-state index in [0.717, 1.165) is 0 Å². The first kappa shape index (κ1) is 8.18. The summed E-state index contributed by atoms with van der Waals surface area (Å²) in [6.07, 6.45) is 8.43. The standard InChI is InChI=1S/C8H12O/c1-3-4-5-6-7-8(2)9/h3-9H,1H2,2H3/b5-4+,7-6+/t8-/m0/s1. The van der Waals surface area contributed by atoms with Crippen molar-refractivity contribution >= 4 is 0 Å². The first-order valence-electron chi connectivity index (χ1n) is 2.91. The number of rotatable bonds is 3. The van der Waals surface area contributed by atoms with Crippen LogP contribution in [0.25, 0.3) is 0 Å². The van der Waals surface area contributed by atoms with Gasteiger partial charge in [0.15, 0.2) is 0 Å². The van der Waals surface area contributed by atoms with Crippen LogP contribution in [-0.4, -0.2) is 11.2 Å². The van der Waals surface area contributed by atoms with E-state index in [1.807, 2.05) is 6.08 Å². The lowest BCUT2D eigenvalue weighted by Gasteiger charge is -1.88. The Balaban J connectivity index is 3.46. The zero-order chi connectivity index (χ0) is 7.11. The Morgan fingerprint density at radius 1 is 1.33 bits per heavy atom. The Hall–Kier alpha value is -0.820. The van der Waals surface area contributed by atoms with E-state index < -0.39 is 0 Å². The van der Waals surface area contributed by atoms with E-state index in [1.165, 1.54) is 0 Å². The molecule has 0 aromatic rings. The molecule has 0 amide bonds. The van der Waals surface area contributed by atoms with Crippen LogP contribution in [0.3, 0.4) is 0 Å². The highest BCUT2D eigenvalue weighted by atomic mass is 16.3. The fourth-order valence-corrected chi connectivity index (χ4v) is 0.368. The van der Waals surface area contributed by atoms with E-state index in [0.29, 0.717) is 0 Å². The molecule has 1 heteroatoms. The quantitative estimate of drug-likeness (QED) is 0.567. The van der Waals surface area contributed by atoms with E-state index in [2.05, 4.69) is 6.58 Å². The van der Waals surface area contributed by atoms with Crippen molar-refractivity contribution in [1.29, 1.82) is 0 Å². The third kappa shape index (κ3) is 7.18. The zero-order valence-electron chi connectivity index (χ0n) is 5.62. The molecule has 0 rings (SSSR count). The van der Waals surface area contributed by atoms with Gasteiger partial charge >= 0.3 is 0 Å². The lowest BCUT2D eigenvalue weighted by molar-refractivity contribution is 0.244. The Morgan fingerprint density at radius 2 is 2.00 bits per heavy atom. The normalized spacial score (nSPS) is 14.9. The predicted molar refractivity (Wildman–Crippen MR) is 40.2 cm³/mol. The second kappa shape index (κ2) is 5.32. The molecule has 0 spiro atoms. The highest BCUT2D eigenvalue weighted by Gasteiger charge is 1.79. The molecule has 0 aliphatic carbocycles. The van der Waals surface area contributed by atoms with Crippen molar-refractivity contribution in [3.63, 3.8) is 0 Å². The summed E-state index contributed by atoms with van der Waals surface area (Å²) >= 11 is 0. The van der Waals surface area contributed by atoms with Crippen molar-refractivity contribution in [2.75, 3.05) is 0 Å². The summed E-state index contributed by atoms with van der Waals surface area (Å²) in [4.78, 5) is 0. The second-order valence-corrected chi connectivity index (χ2v) is 1.75. The summed E-state index contributed by atoms with van der Waals surface area (Å²) in [5.41, 5.74) is 0. The minimum Gasteiger partial charge on any atom is -0.389 e. The van der Waals surface area contributed by atoms with E-state index in [-0.39, 0.29) is 6.10 Å². The Morgan fingerprint density at radius 3 is 2.44 bits per heavy atom. The van der Waals surface area contributed by atoms with Crippen LogP contribution in [-0.2, 0) is 0 Å². The highest BCUT2D eigenvalue weighted by molar-refractivity contribution is 5.09. The zero-order valence-corrected chi connectivity index (χ0v) is 5.62. The topological polar surface area (TPSA) is 20.2 Å². The van der Waals surface area contributed by atoms with E-state index in [9.17, 15) is 0 Å². The van der Waals surface area contributed by atoms with Crippen molar-refractivity contribution in [3.8, 4) is 0 Å². The van der Waals surface area contributed by atoms with Crippen LogP contribution in [0, 0.1) is 0 Å². The predicted octanol–water partition coefficient (Wildman–Crippen LogP) is 1.67. The molecule has 0 aromatic heterocycles. The van der Waals surface area contributed by atoms with Gasteiger partial charge in [-0.25, -0.2) is 0 Å². The van der Waals surface area contributed by atoms with E-state index >= 15 is 0 Å². The molecule has 1 nitrogen and oxygen atoms in total. The van der Waals surface area contributed by atoms with Crippen LogP contribution in [0.2, 0.25) is 0 Å². The van der Waals surface area contributed by atoms with Gasteiger partial charge in [0, 0.05) is 0 Å². The minimum absolute atomic E-state index is 0.362. The van der Waals surface area contributed by atoms with Crippen LogP contribution >= 0.6 is 0 Å². The smallest absolute Gasteiger partial charge is 0.0695 e. The summed E-state index contributed by atoms with van der Waals surface area (Å²) < 4.78 is 0. The largest absolute Gasteiger partial charge is 0.389 e. The van der Waals surface area contributed by atoms with Gasteiger partial charge in [0.1, 0.15) is 0 Å². The van der Waals surface area contributed by atoms with Gasteiger partial charge in [0.2, 0.25) is 0 Å². The summed E-state index contributed by atoms with van der Waals surface area (Å²) in [5, 5.41) is 8.71. The van der Waals surface area contributed by atoms with Gasteiger partial charge in [-0.15, -0.1) is 0 Å². The molecular weight excluding hydrogens is 112 g/mol. The summed E-state index contributed by atoms with van der Waals surface area (Å²) in [6.45, 7) is 5.20. The fourth-order valence-electron chi connectivity index (χ4n) is 0.368. The summed E-state index contributed by atoms with van der Waals surface area (Å²) in [7, 11) is 0. The van der Waals surface area contributed by atoms with E-state index in [1.54, 1.807) is 31.2 Å². The van der Waals surface area contributed by atoms with Crippen molar-refractivity contribution in [2.45, 2.75) is 13.0 Å². The van der Waals surface area contributed by atoms with Gasteiger partial charge in [-0.3, -0.25) is 0 Å². The average molecular weight is 124 g/mol. The summed E-state index contributed by atoms with van der Waals surface area (Å²) in [5.74, 6) is 0. The molecule has 0 saturated heterocycles. The number of allylic oxidation sites excluding steroid dienone is 4. The number of hydrogen-bond acceptors (Lipinski definition) is 1. The highest BCUT2D eigenvalue weighted by Crippen LogP contribution is 1.83. The third-order valence-corrected chi connectivity index (χ3v) is 0.748. The molecule has 0 heterocycles. The molecular formula is C8H12O. The van der Waals surface area contributed by atoms with Crippen LogP contribution < -0.4 is 0 Å². The first-order chi connectivity index (χ1) is 4.27. The fraction of sp³-hybridized carbons (Fsp3) is 0.250. The molecule has 0 unspecified atom stereocenters. The molecule has 0 fully saturated rings. The summed E-state index contributed by atoms with van der Waals surface area (Å²) in [6, 6.07) is 0. The first-order valence-corrected chi connectivity index (χ1v) is 2.91. The number of aliphatic hydroxyl groups excluding tert-OH is 1. The third-order valence-electron chi connectivity index (χ3n) is 0.748. The maximum Gasteiger partial charge on any atom is 0.0695 e. The Bertz CT molecular complexity index is 121. The van der Waals surface area contributed by atoms with Gasteiger partial charge < -0.3 is 5.11 Å². The maximum atomic E-state index is 8.71. The molecule has 50 valence electrons. The van der Waals surface area contributed by atoms with Gasteiger partial charge in [-0.1, -0.05) is 37.0 Å². The monoisotopic (exact) mass is 124 g/mol. The maximum absolute atomic E-state index is 8.71. The van der Waals surface area contributed by atoms with Gasteiger partial charge in [-0.2, -0.15) is 0 Å². The lowest BCUT2D eigenvalue weighted by Crippen LogP contribution is -1.90. The van der Waals surface area contributed by atoms with Crippen molar-refractivity contribution in [3.05, 3.63) is 37.0 Å². The van der Waals surface area contributed by atoms with E-state index in [4.69, 9.17) is 5.11 Å². The SMILES string of the molecule is C=C/C=C/C=C/[C@H](C)O. The van der Waals surface area contributed by atoms with Crippen LogP contribution in [0.1, 0.15) is 6.92 Å². The van der Waals surface area contributed by atoms with Crippen molar-refractivity contribution in [1.82, 2.24) is 0 Å². The molecule has 1 atom stereocenters. The Kier molecular flexibility index (Phi) is 4.83. The van der Waals surface area contributed by atoms with Crippen molar-refractivity contribution < 1.29 is 5.11 Å². The van der Waals surface area contributed by atoms with Gasteiger partial charge in [-0.05, 0) is 6.92 Å². The average Bonchev–Trinajstić information content (AvgIpc) is 1.80. The van der Waals surface area contributed by atoms with Gasteiger partial charge in [0.25, 0.3) is 0 Å².